The van der Waals surface area contributed by atoms with Crippen molar-refractivity contribution in [3.63, 3.8) is 0 Å². The molecule has 1 aromatic carbocycles. The SMILES string of the molecule is CC[C@H](C(=O)NCc1ccccc1C)n1ncn2c(cc3occc32)c1=O. The van der Waals surface area contributed by atoms with E-state index in [9.17, 15) is 9.59 Å². The molecule has 27 heavy (non-hydrogen) atoms. The van der Waals surface area contributed by atoms with E-state index in [0.29, 0.717) is 24.1 Å². The number of nitrogens with zero attached hydrogens (tertiary/aromatic N) is 3. The number of amides is 1. The van der Waals surface area contributed by atoms with E-state index in [4.69, 9.17) is 4.42 Å². The fraction of sp³-hybridized carbons (Fsp3) is 0.250. The molecule has 3 aromatic heterocycles. The van der Waals surface area contributed by atoms with E-state index in [2.05, 4.69) is 10.4 Å². The smallest absolute Gasteiger partial charge is 0.291 e. The molecule has 7 nitrogen and oxygen atoms in total. The molecule has 3 heterocycles. The molecule has 0 radical (unpaired) electrons. The van der Waals surface area contributed by atoms with Gasteiger partial charge in [-0.1, -0.05) is 31.2 Å². The minimum Gasteiger partial charge on any atom is -0.463 e. The molecule has 138 valence electrons. The topological polar surface area (TPSA) is 81.5 Å². The molecule has 0 unspecified atom stereocenters. The van der Waals surface area contributed by atoms with Crippen molar-refractivity contribution in [2.45, 2.75) is 32.9 Å². The predicted octanol–water partition coefficient (Wildman–Crippen LogP) is 2.82. The number of fused-ring (bicyclic) bond motifs is 3. The summed E-state index contributed by atoms with van der Waals surface area (Å²) in [6.45, 7) is 4.28. The first-order chi connectivity index (χ1) is 13.1. The molecule has 1 atom stereocenters. The van der Waals surface area contributed by atoms with E-state index in [1.165, 1.54) is 4.68 Å². The number of furan rings is 1. The van der Waals surface area contributed by atoms with Gasteiger partial charge in [-0.05, 0) is 24.5 Å². The van der Waals surface area contributed by atoms with Crippen LogP contribution in [-0.4, -0.2) is 20.1 Å². The quantitative estimate of drug-likeness (QED) is 0.590. The van der Waals surface area contributed by atoms with Crippen LogP contribution in [0.25, 0.3) is 16.6 Å². The van der Waals surface area contributed by atoms with Crippen molar-refractivity contribution >= 4 is 22.5 Å². The largest absolute Gasteiger partial charge is 0.463 e. The zero-order valence-corrected chi connectivity index (χ0v) is 15.2. The summed E-state index contributed by atoms with van der Waals surface area (Å²) in [5, 5.41) is 7.16. The molecule has 4 rings (SSSR count). The summed E-state index contributed by atoms with van der Waals surface area (Å²) < 4.78 is 8.28. The third kappa shape index (κ3) is 2.91. The van der Waals surface area contributed by atoms with Crippen molar-refractivity contribution in [2.75, 3.05) is 0 Å². The fourth-order valence-electron chi connectivity index (χ4n) is 3.31. The minimum absolute atomic E-state index is 0.227. The van der Waals surface area contributed by atoms with Crippen LogP contribution in [0.15, 0.2) is 58.2 Å². The Balaban J connectivity index is 1.63. The molecule has 0 fully saturated rings. The Morgan fingerprint density at radius 2 is 2.07 bits per heavy atom. The number of hydrogen-bond acceptors (Lipinski definition) is 4. The normalized spacial score (nSPS) is 12.5. The van der Waals surface area contributed by atoms with Crippen LogP contribution >= 0.6 is 0 Å². The van der Waals surface area contributed by atoms with Crippen molar-refractivity contribution in [1.82, 2.24) is 19.5 Å². The van der Waals surface area contributed by atoms with Gasteiger partial charge in [-0.25, -0.2) is 4.68 Å². The number of benzene rings is 1. The highest BCUT2D eigenvalue weighted by Gasteiger charge is 2.22. The average Bonchev–Trinajstić information content (AvgIpc) is 3.25. The first kappa shape index (κ1) is 17.1. The highest BCUT2D eigenvalue weighted by atomic mass is 16.3. The fourth-order valence-corrected chi connectivity index (χ4v) is 3.31. The molecular weight excluding hydrogens is 344 g/mol. The second-order valence-electron chi connectivity index (χ2n) is 6.52. The highest BCUT2D eigenvalue weighted by molar-refractivity contribution is 5.83. The van der Waals surface area contributed by atoms with Crippen LogP contribution in [-0.2, 0) is 11.3 Å². The van der Waals surface area contributed by atoms with Crippen LogP contribution in [0, 0.1) is 6.92 Å². The molecule has 0 spiro atoms. The molecular formula is C20H20N4O3. The second-order valence-corrected chi connectivity index (χ2v) is 6.52. The molecule has 0 saturated heterocycles. The Bertz CT molecular complexity index is 1180. The number of nitrogens with one attached hydrogen (secondary N) is 1. The predicted molar refractivity (Wildman–Crippen MR) is 102 cm³/mol. The number of aryl methyl sites for hydroxylation is 1. The van der Waals surface area contributed by atoms with E-state index < -0.39 is 6.04 Å². The Morgan fingerprint density at radius 3 is 2.85 bits per heavy atom. The number of aromatic nitrogens is 3. The number of rotatable bonds is 5. The standard InChI is InChI=1S/C20H20N4O3/c1-3-15(19(25)21-11-14-7-5-4-6-13(14)2)24-20(26)17-10-18-16(8-9-27-18)23(17)12-22-24/h4-10,12,15H,3,11H2,1-2H3,(H,21,25)/t15-/m1/s1. The first-order valence-electron chi connectivity index (χ1n) is 8.88. The van der Waals surface area contributed by atoms with Gasteiger partial charge in [0.25, 0.3) is 5.56 Å². The van der Waals surface area contributed by atoms with Gasteiger partial charge in [-0.3, -0.25) is 14.0 Å². The molecule has 0 aliphatic heterocycles. The van der Waals surface area contributed by atoms with Gasteiger partial charge in [0.1, 0.15) is 17.9 Å². The Morgan fingerprint density at radius 1 is 1.26 bits per heavy atom. The van der Waals surface area contributed by atoms with Crippen LogP contribution in [0.1, 0.15) is 30.5 Å². The zero-order valence-electron chi connectivity index (χ0n) is 15.2. The third-order valence-electron chi connectivity index (χ3n) is 4.88. The molecule has 0 aliphatic carbocycles. The highest BCUT2D eigenvalue weighted by Crippen LogP contribution is 2.19. The molecule has 1 N–H and O–H groups in total. The summed E-state index contributed by atoms with van der Waals surface area (Å²) in [5.41, 5.74) is 3.66. The monoisotopic (exact) mass is 364 g/mol. The summed E-state index contributed by atoms with van der Waals surface area (Å²) >= 11 is 0. The van der Waals surface area contributed by atoms with Crippen LogP contribution in [0.2, 0.25) is 0 Å². The summed E-state index contributed by atoms with van der Waals surface area (Å²) in [7, 11) is 0. The Hall–Kier alpha value is -3.35. The van der Waals surface area contributed by atoms with Crippen molar-refractivity contribution < 1.29 is 9.21 Å². The lowest BCUT2D eigenvalue weighted by molar-refractivity contribution is -0.125. The Kier molecular flexibility index (Phi) is 4.27. The lowest BCUT2D eigenvalue weighted by Crippen LogP contribution is -2.38. The van der Waals surface area contributed by atoms with Crippen LogP contribution < -0.4 is 10.9 Å². The lowest BCUT2D eigenvalue weighted by Gasteiger charge is -2.17. The van der Waals surface area contributed by atoms with Gasteiger partial charge in [-0.15, -0.1) is 0 Å². The summed E-state index contributed by atoms with van der Waals surface area (Å²) in [6, 6.07) is 10.7. The van der Waals surface area contributed by atoms with Crippen molar-refractivity contribution in [1.29, 1.82) is 0 Å². The van der Waals surface area contributed by atoms with Crippen LogP contribution in [0.4, 0.5) is 0 Å². The molecule has 0 saturated carbocycles. The van der Waals surface area contributed by atoms with Crippen molar-refractivity contribution in [3.8, 4) is 0 Å². The Labute approximate surface area is 155 Å². The lowest BCUT2D eigenvalue weighted by atomic mass is 10.1. The maximum Gasteiger partial charge on any atom is 0.291 e. The summed E-state index contributed by atoms with van der Waals surface area (Å²) in [6.07, 6.45) is 3.57. The number of carbonyl (C=O) groups excluding carboxylic acids is 1. The van der Waals surface area contributed by atoms with Gasteiger partial charge in [-0.2, -0.15) is 5.10 Å². The molecule has 0 bridgehead atoms. The molecule has 7 heteroatoms. The maximum absolute atomic E-state index is 12.9. The minimum atomic E-state index is -0.673. The van der Waals surface area contributed by atoms with Crippen molar-refractivity contribution in [3.05, 3.63) is 70.5 Å². The van der Waals surface area contributed by atoms with Crippen LogP contribution in [0.3, 0.4) is 0 Å². The zero-order chi connectivity index (χ0) is 19.0. The van der Waals surface area contributed by atoms with E-state index in [0.717, 1.165) is 16.6 Å². The van der Waals surface area contributed by atoms with Gasteiger partial charge in [0, 0.05) is 18.7 Å². The average molecular weight is 364 g/mol. The summed E-state index contributed by atoms with van der Waals surface area (Å²) in [4.78, 5) is 25.6. The molecule has 0 aliphatic rings. The molecule has 1 amide bonds. The van der Waals surface area contributed by atoms with E-state index in [1.54, 1.807) is 29.1 Å². The van der Waals surface area contributed by atoms with Crippen molar-refractivity contribution in [2.24, 2.45) is 0 Å². The first-order valence-corrected chi connectivity index (χ1v) is 8.88. The second kappa shape index (κ2) is 6.75. The number of hydrogen-bond donors (Lipinski definition) is 1. The van der Waals surface area contributed by atoms with Gasteiger partial charge >= 0.3 is 0 Å². The number of carbonyl (C=O) groups is 1. The van der Waals surface area contributed by atoms with Gasteiger partial charge in [0.15, 0.2) is 5.58 Å². The van der Waals surface area contributed by atoms with E-state index in [-0.39, 0.29) is 11.5 Å². The maximum atomic E-state index is 12.9. The van der Waals surface area contributed by atoms with Gasteiger partial charge in [0.2, 0.25) is 5.91 Å². The summed E-state index contributed by atoms with van der Waals surface area (Å²) in [5.74, 6) is -0.227. The van der Waals surface area contributed by atoms with Crippen LogP contribution in [0.5, 0.6) is 0 Å². The van der Waals surface area contributed by atoms with Gasteiger partial charge in [0.05, 0.1) is 11.8 Å². The third-order valence-corrected chi connectivity index (χ3v) is 4.88. The van der Waals surface area contributed by atoms with E-state index in [1.807, 2.05) is 38.1 Å². The van der Waals surface area contributed by atoms with Gasteiger partial charge < -0.3 is 9.73 Å². The molecule has 4 aromatic rings. The van der Waals surface area contributed by atoms with E-state index >= 15 is 0 Å².